The first-order valence-corrected chi connectivity index (χ1v) is 9.51. The normalized spacial score (nSPS) is 11.6. The van der Waals surface area contributed by atoms with E-state index in [1.165, 1.54) is 36.4 Å². The first-order valence-electron chi connectivity index (χ1n) is 9.51. The highest BCUT2D eigenvalue weighted by molar-refractivity contribution is 6.09. The van der Waals surface area contributed by atoms with Crippen LogP contribution in [0.25, 0.3) is 0 Å². The van der Waals surface area contributed by atoms with Crippen LogP contribution in [0.4, 0.5) is 8.78 Å². The molecule has 0 bridgehead atoms. The maximum atomic E-state index is 13.0. The largest absolute Gasteiger partial charge is 0.481 e. The summed E-state index contributed by atoms with van der Waals surface area (Å²) in [5, 5.41) is 2.78. The summed E-state index contributed by atoms with van der Waals surface area (Å²) in [6.45, 7) is 2.04. The van der Waals surface area contributed by atoms with Crippen molar-refractivity contribution in [2.75, 3.05) is 6.54 Å². The fourth-order valence-electron chi connectivity index (χ4n) is 2.84. The van der Waals surface area contributed by atoms with E-state index in [9.17, 15) is 18.4 Å². The van der Waals surface area contributed by atoms with Crippen LogP contribution in [-0.4, -0.2) is 24.3 Å². The second-order valence-corrected chi connectivity index (χ2v) is 6.79. The zero-order valence-electron chi connectivity index (χ0n) is 16.4. The molecule has 0 aliphatic rings. The maximum Gasteiger partial charge on any atom is 0.260 e. The molecule has 0 heterocycles. The number of hydrogen-bond donors (Lipinski definition) is 1. The smallest absolute Gasteiger partial charge is 0.260 e. The number of nitrogens with one attached hydrogen (secondary N) is 1. The summed E-state index contributed by atoms with van der Waals surface area (Å²) in [5.41, 5.74) is 1.75. The van der Waals surface area contributed by atoms with Gasteiger partial charge < -0.3 is 10.1 Å². The number of hydrogen-bond acceptors (Lipinski definition) is 3. The molecule has 3 aromatic carbocycles. The lowest BCUT2D eigenvalue weighted by Crippen LogP contribution is -2.37. The van der Waals surface area contributed by atoms with Gasteiger partial charge in [0, 0.05) is 17.7 Å². The zero-order valence-corrected chi connectivity index (χ0v) is 16.4. The highest BCUT2D eigenvalue weighted by atomic mass is 19.1. The minimum atomic E-state index is -0.725. The van der Waals surface area contributed by atoms with E-state index < -0.39 is 11.9 Å². The van der Waals surface area contributed by atoms with Crippen LogP contribution in [-0.2, 0) is 11.2 Å². The Hall–Kier alpha value is -3.54. The number of ketones is 1. The fraction of sp³-hybridized carbons (Fsp3) is 0.167. The SMILES string of the molecule is C[C@@H](Oc1ccc(C(=O)c2ccc(F)cc2)cc1)C(=O)NCCc1ccc(F)cc1. The van der Waals surface area contributed by atoms with Crippen molar-refractivity contribution in [2.45, 2.75) is 19.4 Å². The highest BCUT2D eigenvalue weighted by Crippen LogP contribution is 2.17. The molecule has 3 rings (SSSR count). The van der Waals surface area contributed by atoms with Gasteiger partial charge in [0.2, 0.25) is 0 Å². The van der Waals surface area contributed by atoms with Crippen LogP contribution in [0.2, 0.25) is 0 Å². The van der Waals surface area contributed by atoms with Gasteiger partial charge in [-0.3, -0.25) is 9.59 Å². The average Bonchev–Trinajstić information content (AvgIpc) is 2.75. The highest BCUT2D eigenvalue weighted by Gasteiger charge is 2.15. The van der Waals surface area contributed by atoms with Gasteiger partial charge in [0.05, 0.1) is 0 Å². The molecule has 30 heavy (non-hydrogen) atoms. The van der Waals surface area contributed by atoms with Crippen LogP contribution in [0.3, 0.4) is 0 Å². The summed E-state index contributed by atoms with van der Waals surface area (Å²) in [4.78, 5) is 24.6. The Morgan fingerprint density at radius 2 is 1.33 bits per heavy atom. The van der Waals surface area contributed by atoms with Crippen molar-refractivity contribution in [2.24, 2.45) is 0 Å². The van der Waals surface area contributed by atoms with E-state index in [1.54, 1.807) is 43.3 Å². The molecule has 0 spiro atoms. The van der Waals surface area contributed by atoms with Crippen molar-refractivity contribution in [3.8, 4) is 5.75 Å². The van der Waals surface area contributed by atoms with E-state index in [-0.39, 0.29) is 17.5 Å². The molecule has 0 aromatic heterocycles. The minimum Gasteiger partial charge on any atom is -0.481 e. The van der Waals surface area contributed by atoms with Gasteiger partial charge in [0.25, 0.3) is 5.91 Å². The lowest BCUT2D eigenvalue weighted by molar-refractivity contribution is -0.127. The van der Waals surface area contributed by atoms with Crippen molar-refractivity contribution < 1.29 is 23.1 Å². The van der Waals surface area contributed by atoms with E-state index in [1.807, 2.05) is 0 Å². The Balaban J connectivity index is 1.50. The van der Waals surface area contributed by atoms with Crippen molar-refractivity contribution >= 4 is 11.7 Å². The summed E-state index contributed by atoms with van der Waals surface area (Å²) >= 11 is 0. The van der Waals surface area contributed by atoms with E-state index in [0.29, 0.717) is 29.8 Å². The van der Waals surface area contributed by atoms with E-state index in [2.05, 4.69) is 5.32 Å². The number of amides is 1. The summed E-state index contributed by atoms with van der Waals surface area (Å²) in [6.07, 6.45) is -0.143. The molecule has 0 fully saturated rings. The van der Waals surface area contributed by atoms with Gasteiger partial charge in [-0.15, -0.1) is 0 Å². The van der Waals surface area contributed by atoms with Gasteiger partial charge in [0.15, 0.2) is 11.9 Å². The standard InChI is InChI=1S/C24H21F2NO3/c1-16(24(29)27-15-14-17-2-8-20(25)9-3-17)30-22-12-6-19(7-13-22)23(28)18-4-10-21(26)11-5-18/h2-13,16H,14-15H2,1H3,(H,27,29)/t16-/m1/s1. The summed E-state index contributed by atoms with van der Waals surface area (Å²) in [5.74, 6) is -0.751. The third-order valence-electron chi connectivity index (χ3n) is 4.53. The van der Waals surface area contributed by atoms with Gasteiger partial charge in [-0.05, 0) is 79.6 Å². The topological polar surface area (TPSA) is 55.4 Å². The Morgan fingerprint density at radius 1 is 0.833 bits per heavy atom. The number of carbonyl (C=O) groups is 2. The van der Waals surface area contributed by atoms with Crippen LogP contribution < -0.4 is 10.1 Å². The Bertz CT molecular complexity index is 1000. The first-order chi connectivity index (χ1) is 14.4. The third kappa shape index (κ3) is 5.73. The predicted molar refractivity (Wildman–Crippen MR) is 109 cm³/mol. The number of halogens is 2. The molecule has 1 atom stereocenters. The number of carbonyl (C=O) groups excluding carboxylic acids is 2. The van der Waals surface area contributed by atoms with Crippen molar-refractivity contribution in [3.05, 3.63) is 101 Å². The average molecular weight is 409 g/mol. The fourth-order valence-corrected chi connectivity index (χ4v) is 2.84. The summed E-state index contributed by atoms with van der Waals surface area (Å²) < 4.78 is 31.5. The van der Waals surface area contributed by atoms with E-state index in [0.717, 1.165) is 5.56 Å². The van der Waals surface area contributed by atoms with Gasteiger partial charge >= 0.3 is 0 Å². The summed E-state index contributed by atoms with van der Waals surface area (Å²) in [7, 11) is 0. The molecule has 1 N–H and O–H groups in total. The second kappa shape index (κ2) is 9.78. The number of ether oxygens (including phenoxy) is 1. The van der Waals surface area contributed by atoms with Gasteiger partial charge in [0.1, 0.15) is 17.4 Å². The van der Waals surface area contributed by atoms with Gasteiger partial charge in [-0.1, -0.05) is 12.1 Å². The van der Waals surface area contributed by atoms with E-state index >= 15 is 0 Å². The number of benzene rings is 3. The lowest BCUT2D eigenvalue weighted by atomic mass is 10.0. The minimum absolute atomic E-state index is 0.229. The van der Waals surface area contributed by atoms with Crippen molar-refractivity contribution in [3.63, 3.8) is 0 Å². The Kier molecular flexibility index (Phi) is 6.91. The lowest BCUT2D eigenvalue weighted by Gasteiger charge is -2.15. The van der Waals surface area contributed by atoms with Gasteiger partial charge in [-0.25, -0.2) is 8.78 Å². The van der Waals surface area contributed by atoms with Crippen LogP contribution in [0.5, 0.6) is 5.75 Å². The first kappa shape index (κ1) is 21.2. The zero-order chi connectivity index (χ0) is 21.5. The molecule has 154 valence electrons. The molecule has 0 saturated carbocycles. The Labute approximate surface area is 173 Å². The molecule has 0 aliphatic heterocycles. The van der Waals surface area contributed by atoms with Crippen LogP contribution in [0.15, 0.2) is 72.8 Å². The predicted octanol–water partition coefficient (Wildman–Crippen LogP) is 4.32. The van der Waals surface area contributed by atoms with Gasteiger partial charge in [-0.2, -0.15) is 0 Å². The molecule has 4 nitrogen and oxygen atoms in total. The van der Waals surface area contributed by atoms with E-state index in [4.69, 9.17) is 4.74 Å². The van der Waals surface area contributed by atoms with Crippen molar-refractivity contribution in [1.29, 1.82) is 0 Å². The maximum absolute atomic E-state index is 13.0. The molecule has 3 aromatic rings. The molecule has 0 unspecified atom stereocenters. The third-order valence-corrected chi connectivity index (χ3v) is 4.53. The monoisotopic (exact) mass is 409 g/mol. The quantitative estimate of drug-likeness (QED) is 0.564. The number of rotatable bonds is 8. The molecular formula is C24H21F2NO3. The van der Waals surface area contributed by atoms with Crippen LogP contribution in [0.1, 0.15) is 28.4 Å². The van der Waals surface area contributed by atoms with Crippen LogP contribution in [0, 0.1) is 11.6 Å². The molecule has 6 heteroatoms. The summed E-state index contributed by atoms with van der Waals surface area (Å²) in [6, 6.07) is 17.9. The Morgan fingerprint density at radius 3 is 1.90 bits per heavy atom. The van der Waals surface area contributed by atoms with Crippen molar-refractivity contribution in [1.82, 2.24) is 5.32 Å². The molecular weight excluding hydrogens is 388 g/mol. The molecule has 1 amide bonds. The van der Waals surface area contributed by atoms with Crippen LogP contribution >= 0.6 is 0 Å². The molecule has 0 radical (unpaired) electrons. The molecule has 0 aliphatic carbocycles. The second-order valence-electron chi connectivity index (χ2n) is 6.79. The molecule has 0 saturated heterocycles.